The molecule has 0 fully saturated rings. The Labute approximate surface area is 121 Å². The maximum Gasteiger partial charge on any atom is 0.320 e. The maximum atomic E-state index is 11.9. The molecular weight excluding hydrogens is 272 g/mol. The van der Waals surface area contributed by atoms with E-state index >= 15 is 0 Å². The van der Waals surface area contributed by atoms with Crippen molar-refractivity contribution in [1.82, 2.24) is 15.1 Å². The highest BCUT2D eigenvalue weighted by Crippen LogP contribution is 2.32. The van der Waals surface area contributed by atoms with Crippen LogP contribution in [-0.2, 0) is 13.6 Å². The number of ether oxygens (including phenoxy) is 2. The third kappa shape index (κ3) is 2.91. The maximum absolute atomic E-state index is 11.9. The zero-order valence-electron chi connectivity index (χ0n) is 11.8. The Bertz CT molecular complexity index is 681. The van der Waals surface area contributed by atoms with E-state index in [0.717, 1.165) is 17.0 Å². The molecule has 0 atom stereocenters. The zero-order valence-corrected chi connectivity index (χ0v) is 11.8. The monoisotopic (exact) mass is 288 g/mol. The van der Waals surface area contributed by atoms with E-state index in [2.05, 4.69) is 15.7 Å². The molecule has 0 aliphatic carbocycles. The van der Waals surface area contributed by atoms with Crippen LogP contribution in [0.2, 0.25) is 0 Å². The van der Waals surface area contributed by atoms with E-state index in [0.29, 0.717) is 18.1 Å². The van der Waals surface area contributed by atoms with Crippen LogP contribution >= 0.6 is 0 Å². The normalized spacial score (nSPS) is 12.3. The van der Waals surface area contributed by atoms with Crippen LogP contribution in [0.5, 0.6) is 11.5 Å². The lowest BCUT2D eigenvalue weighted by atomic mass is 10.2. The molecule has 0 saturated heterocycles. The second-order valence-corrected chi connectivity index (χ2v) is 4.79. The predicted octanol–water partition coefficient (Wildman–Crippen LogP) is 1.78. The van der Waals surface area contributed by atoms with Gasteiger partial charge in [-0.2, -0.15) is 5.10 Å². The standard InChI is InChI=1S/C14H16N4O3/c1-9-5-13(18(2)17-9)16-14(19)15-7-10-3-4-11-12(6-10)21-8-20-11/h3-6H,7-8H2,1-2H3,(H2,15,16,19). The Balaban J connectivity index is 1.57. The van der Waals surface area contributed by atoms with Crippen molar-refractivity contribution in [2.75, 3.05) is 12.1 Å². The van der Waals surface area contributed by atoms with Crippen LogP contribution in [0.25, 0.3) is 0 Å². The minimum Gasteiger partial charge on any atom is -0.454 e. The van der Waals surface area contributed by atoms with Crippen molar-refractivity contribution in [2.24, 2.45) is 7.05 Å². The number of fused-ring (bicyclic) bond motifs is 1. The SMILES string of the molecule is Cc1cc(NC(=O)NCc2ccc3c(c2)OCO3)n(C)n1. The molecule has 110 valence electrons. The van der Waals surface area contributed by atoms with Gasteiger partial charge in [0.05, 0.1) is 5.69 Å². The number of amides is 2. The fourth-order valence-corrected chi connectivity index (χ4v) is 2.12. The van der Waals surface area contributed by atoms with E-state index in [4.69, 9.17) is 9.47 Å². The fourth-order valence-electron chi connectivity index (χ4n) is 2.12. The van der Waals surface area contributed by atoms with Crippen molar-refractivity contribution in [3.8, 4) is 11.5 Å². The lowest BCUT2D eigenvalue weighted by Gasteiger charge is -2.08. The average molecular weight is 288 g/mol. The molecule has 3 rings (SSSR count). The van der Waals surface area contributed by atoms with Crippen molar-refractivity contribution in [3.63, 3.8) is 0 Å². The highest BCUT2D eigenvalue weighted by molar-refractivity contribution is 5.88. The summed E-state index contributed by atoms with van der Waals surface area (Å²) in [7, 11) is 1.78. The van der Waals surface area contributed by atoms with Crippen molar-refractivity contribution < 1.29 is 14.3 Å². The van der Waals surface area contributed by atoms with E-state index in [1.54, 1.807) is 17.8 Å². The Morgan fingerprint density at radius 3 is 2.90 bits per heavy atom. The number of anilines is 1. The van der Waals surface area contributed by atoms with Gasteiger partial charge in [0.25, 0.3) is 0 Å². The minimum absolute atomic E-state index is 0.243. The molecule has 1 aliphatic heterocycles. The van der Waals surface area contributed by atoms with Crippen LogP contribution in [0.1, 0.15) is 11.3 Å². The Hall–Kier alpha value is -2.70. The molecule has 1 aliphatic rings. The highest BCUT2D eigenvalue weighted by Gasteiger charge is 2.13. The number of hydrogen-bond acceptors (Lipinski definition) is 4. The summed E-state index contributed by atoms with van der Waals surface area (Å²) in [5.74, 6) is 2.08. The van der Waals surface area contributed by atoms with Gasteiger partial charge >= 0.3 is 6.03 Å². The van der Waals surface area contributed by atoms with Gasteiger partial charge in [-0.3, -0.25) is 10.00 Å². The van der Waals surface area contributed by atoms with Crippen molar-refractivity contribution in [2.45, 2.75) is 13.5 Å². The molecule has 1 aromatic heterocycles. The van der Waals surface area contributed by atoms with Gasteiger partial charge in [0.15, 0.2) is 11.5 Å². The van der Waals surface area contributed by atoms with Gasteiger partial charge in [-0.25, -0.2) is 4.79 Å². The van der Waals surface area contributed by atoms with E-state index < -0.39 is 0 Å². The Morgan fingerprint density at radius 2 is 2.14 bits per heavy atom. The van der Waals surface area contributed by atoms with Crippen molar-refractivity contribution in [3.05, 3.63) is 35.5 Å². The third-order valence-corrected chi connectivity index (χ3v) is 3.13. The van der Waals surface area contributed by atoms with Crippen molar-refractivity contribution >= 4 is 11.8 Å². The first-order valence-electron chi connectivity index (χ1n) is 6.56. The molecule has 7 heteroatoms. The molecule has 7 nitrogen and oxygen atoms in total. The van der Waals surface area contributed by atoms with E-state index in [9.17, 15) is 4.79 Å². The molecule has 0 bridgehead atoms. The van der Waals surface area contributed by atoms with E-state index in [1.807, 2.05) is 25.1 Å². The van der Waals surface area contributed by atoms with Crippen LogP contribution in [0.15, 0.2) is 24.3 Å². The molecule has 2 aromatic rings. The van der Waals surface area contributed by atoms with Gasteiger partial charge in [-0.05, 0) is 24.6 Å². The number of carbonyl (C=O) groups excluding carboxylic acids is 1. The fraction of sp³-hybridized carbons (Fsp3) is 0.286. The van der Waals surface area contributed by atoms with Crippen LogP contribution in [0, 0.1) is 6.92 Å². The summed E-state index contributed by atoms with van der Waals surface area (Å²) < 4.78 is 12.2. The molecule has 0 unspecified atom stereocenters. The molecule has 0 saturated carbocycles. The van der Waals surface area contributed by atoms with Gasteiger partial charge in [0.1, 0.15) is 5.82 Å². The number of aryl methyl sites for hydroxylation is 2. The summed E-state index contributed by atoms with van der Waals surface area (Å²) in [5.41, 5.74) is 1.79. The van der Waals surface area contributed by atoms with Crippen LogP contribution in [-0.4, -0.2) is 22.6 Å². The second-order valence-electron chi connectivity index (χ2n) is 4.79. The summed E-state index contributed by atoms with van der Waals surface area (Å²) >= 11 is 0. The van der Waals surface area contributed by atoms with Crippen LogP contribution < -0.4 is 20.1 Å². The number of rotatable bonds is 3. The van der Waals surface area contributed by atoms with E-state index in [-0.39, 0.29) is 12.8 Å². The molecule has 1 aromatic carbocycles. The molecule has 2 amide bonds. The quantitative estimate of drug-likeness (QED) is 0.902. The number of aromatic nitrogens is 2. The molecule has 2 N–H and O–H groups in total. The Kier molecular flexibility index (Phi) is 3.39. The van der Waals surface area contributed by atoms with Crippen molar-refractivity contribution in [1.29, 1.82) is 0 Å². The van der Waals surface area contributed by atoms with Gasteiger partial charge in [0.2, 0.25) is 6.79 Å². The molecule has 2 heterocycles. The zero-order chi connectivity index (χ0) is 14.8. The summed E-state index contributed by atoms with van der Waals surface area (Å²) in [6, 6.07) is 7.11. The van der Waals surface area contributed by atoms with Gasteiger partial charge in [0, 0.05) is 19.7 Å². The first-order chi connectivity index (χ1) is 10.1. The summed E-state index contributed by atoms with van der Waals surface area (Å²) in [6.45, 7) is 2.52. The number of carbonyl (C=O) groups is 1. The second kappa shape index (κ2) is 5.35. The topological polar surface area (TPSA) is 77.4 Å². The lowest BCUT2D eigenvalue weighted by Crippen LogP contribution is -2.29. The number of nitrogens with zero attached hydrogens (tertiary/aromatic N) is 2. The lowest BCUT2D eigenvalue weighted by molar-refractivity contribution is 0.174. The van der Waals surface area contributed by atoms with E-state index in [1.165, 1.54) is 0 Å². The minimum atomic E-state index is -0.282. The first-order valence-corrected chi connectivity index (χ1v) is 6.56. The summed E-state index contributed by atoms with van der Waals surface area (Å²) in [4.78, 5) is 11.9. The number of benzene rings is 1. The first kappa shape index (κ1) is 13.3. The third-order valence-electron chi connectivity index (χ3n) is 3.13. The number of nitrogens with one attached hydrogen (secondary N) is 2. The van der Waals surface area contributed by atoms with Gasteiger partial charge in [-0.1, -0.05) is 6.07 Å². The van der Waals surface area contributed by atoms with Crippen LogP contribution in [0.4, 0.5) is 10.6 Å². The molecule has 21 heavy (non-hydrogen) atoms. The summed E-state index contributed by atoms with van der Waals surface area (Å²) in [5, 5.41) is 9.70. The van der Waals surface area contributed by atoms with Gasteiger partial charge in [-0.15, -0.1) is 0 Å². The van der Waals surface area contributed by atoms with Gasteiger partial charge < -0.3 is 14.8 Å². The summed E-state index contributed by atoms with van der Waals surface area (Å²) in [6.07, 6.45) is 0. The average Bonchev–Trinajstić information content (AvgIpc) is 3.02. The van der Waals surface area contributed by atoms with Crippen LogP contribution in [0.3, 0.4) is 0 Å². The number of urea groups is 1. The number of hydrogen-bond donors (Lipinski definition) is 2. The largest absolute Gasteiger partial charge is 0.454 e. The Morgan fingerprint density at radius 1 is 1.33 bits per heavy atom. The molecular formula is C14H16N4O3. The molecule has 0 radical (unpaired) electrons. The smallest absolute Gasteiger partial charge is 0.320 e. The highest BCUT2D eigenvalue weighted by atomic mass is 16.7. The predicted molar refractivity (Wildman–Crippen MR) is 76.4 cm³/mol. The molecule has 0 spiro atoms.